The second-order valence-electron chi connectivity index (χ2n) is 3.64. The van der Waals surface area contributed by atoms with Crippen molar-refractivity contribution in [1.29, 1.82) is 0 Å². The van der Waals surface area contributed by atoms with Crippen LogP contribution in [-0.2, 0) is 16.1 Å². The summed E-state index contributed by atoms with van der Waals surface area (Å²) in [6.07, 6.45) is 1.64. The van der Waals surface area contributed by atoms with Crippen LogP contribution in [-0.4, -0.2) is 39.7 Å². The summed E-state index contributed by atoms with van der Waals surface area (Å²) in [5, 5.41) is 7.78. The highest BCUT2D eigenvalue weighted by atomic mass is 16.5. The first-order chi connectivity index (χ1) is 9.27. The first-order valence-corrected chi connectivity index (χ1v) is 5.80. The lowest BCUT2D eigenvalue weighted by Gasteiger charge is -2.05. The van der Waals surface area contributed by atoms with E-state index in [1.165, 1.54) is 11.8 Å². The quantitative estimate of drug-likeness (QED) is 0.747. The lowest BCUT2D eigenvalue weighted by Crippen LogP contribution is -2.11. The topological polar surface area (TPSA) is 79.1 Å². The number of rotatable bonds is 5. The Labute approximate surface area is 110 Å². The van der Waals surface area contributed by atoms with Gasteiger partial charge in [-0.25, -0.2) is 9.78 Å². The zero-order valence-corrected chi connectivity index (χ0v) is 10.7. The maximum atomic E-state index is 11.8. The Morgan fingerprint density at radius 1 is 1.42 bits per heavy atom. The number of esters is 1. The fourth-order valence-corrected chi connectivity index (χ4v) is 1.59. The Balaban J connectivity index is 2.43. The minimum absolute atomic E-state index is 0.148. The van der Waals surface area contributed by atoms with Gasteiger partial charge in [0.2, 0.25) is 0 Å². The third-order valence-corrected chi connectivity index (χ3v) is 2.38. The molecule has 0 bridgehead atoms. The van der Waals surface area contributed by atoms with Crippen LogP contribution in [0.5, 0.6) is 0 Å². The number of methoxy groups -OCH3 is 1. The van der Waals surface area contributed by atoms with Gasteiger partial charge in [0, 0.05) is 13.3 Å². The normalized spacial score (nSPS) is 10.4. The number of hydrogen-bond acceptors (Lipinski definition) is 6. The molecule has 7 heteroatoms. The van der Waals surface area contributed by atoms with Crippen LogP contribution in [0.1, 0.15) is 23.1 Å². The van der Waals surface area contributed by atoms with Crippen LogP contribution in [0.3, 0.4) is 0 Å². The highest BCUT2D eigenvalue weighted by Gasteiger charge is 2.21. The van der Waals surface area contributed by atoms with Crippen molar-refractivity contribution < 1.29 is 14.3 Å². The predicted octanol–water partition coefficient (Wildman–Crippen LogP) is 0.985. The Bertz CT molecular complexity index is 553. The van der Waals surface area contributed by atoms with E-state index in [2.05, 4.69) is 15.3 Å². The molecule has 0 aliphatic heterocycles. The predicted molar refractivity (Wildman–Crippen MR) is 65.8 cm³/mol. The Hall–Kier alpha value is -2.28. The third-order valence-electron chi connectivity index (χ3n) is 2.38. The van der Waals surface area contributed by atoms with Gasteiger partial charge in [-0.2, -0.15) is 4.68 Å². The summed E-state index contributed by atoms with van der Waals surface area (Å²) in [7, 11) is 1.53. The largest absolute Gasteiger partial charge is 0.461 e. The van der Waals surface area contributed by atoms with E-state index in [0.717, 1.165) is 0 Å². The van der Waals surface area contributed by atoms with Gasteiger partial charge < -0.3 is 9.47 Å². The fraction of sp³-hybridized carbons (Fsp3) is 0.333. The van der Waals surface area contributed by atoms with Crippen molar-refractivity contribution in [1.82, 2.24) is 20.0 Å². The summed E-state index contributed by atoms with van der Waals surface area (Å²) in [5.74, 6) is 0.0503. The summed E-state index contributed by atoms with van der Waals surface area (Å²) in [4.78, 5) is 15.9. The van der Waals surface area contributed by atoms with Crippen LogP contribution in [0.25, 0.3) is 5.82 Å². The van der Waals surface area contributed by atoms with Crippen molar-refractivity contribution in [3.8, 4) is 5.82 Å². The summed E-state index contributed by atoms with van der Waals surface area (Å²) in [5.41, 5.74) is 0.661. The average Bonchev–Trinajstić information content (AvgIpc) is 2.84. The fourth-order valence-electron chi connectivity index (χ4n) is 1.59. The highest BCUT2D eigenvalue weighted by molar-refractivity contribution is 5.88. The molecule has 0 unspecified atom stereocenters. The van der Waals surface area contributed by atoms with Crippen molar-refractivity contribution in [2.75, 3.05) is 13.7 Å². The molecular formula is C12H14N4O3. The molecule has 19 heavy (non-hydrogen) atoms. The molecule has 2 aromatic rings. The van der Waals surface area contributed by atoms with E-state index in [0.29, 0.717) is 11.5 Å². The smallest absolute Gasteiger partial charge is 0.360 e. The summed E-state index contributed by atoms with van der Waals surface area (Å²) >= 11 is 0. The van der Waals surface area contributed by atoms with Crippen molar-refractivity contribution in [3.05, 3.63) is 35.8 Å². The maximum absolute atomic E-state index is 11.8. The molecule has 2 heterocycles. The second-order valence-corrected chi connectivity index (χ2v) is 3.64. The second kappa shape index (κ2) is 6.05. The highest BCUT2D eigenvalue weighted by Crippen LogP contribution is 2.13. The monoisotopic (exact) mass is 262 g/mol. The molecule has 0 aromatic carbocycles. The van der Waals surface area contributed by atoms with Gasteiger partial charge in [0.25, 0.3) is 0 Å². The van der Waals surface area contributed by atoms with Crippen LogP contribution in [0.2, 0.25) is 0 Å². The number of hydrogen-bond donors (Lipinski definition) is 0. The van der Waals surface area contributed by atoms with E-state index in [1.807, 2.05) is 6.07 Å². The van der Waals surface area contributed by atoms with E-state index >= 15 is 0 Å². The van der Waals surface area contributed by atoms with Crippen molar-refractivity contribution in [2.24, 2.45) is 0 Å². The Kier molecular flexibility index (Phi) is 4.19. The number of nitrogens with zero attached hydrogens (tertiary/aromatic N) is 4. The first-order valence-electron chi connectivity index (χ1n) is 5.80. The standard InChI is InChI=1S/C12H14N4O3/c1-3-19-12(17)11-9(8-18-2)16(15-14-11)10-6-4-5-7-13-10/h4-7H,3,8H2,1-2H3. The Morgan fingerprint density at radius 3 is 2.89 bits per heavy atom. The molecule has 0 spiro atoms. The van der Waals surface area contributed by atoms with Gasteiger partial charge in [-0.15, -0.1) is 5.10 Å². The van der Waals surface area contributed by atoms with Crippen molar-refractivity contribution in [3.63, 3.8) is 0 Å². The van der Waals surface area contributed by atoms with Gasteiger partial charge in [0.15, 0.2) is 11.5 Å². The van der Waals surface area contributed by atoms with Gasteiger partial charge in [-0.3, -0.25) is 0 Å². The molecule has 0 aliphatic rings. The number of ether oxygens (including phenoxy) is 2. The van der Waals surface area contributed by atoms with Gasteiger partial charge in [-0.05, 0) is 19.1 Å². The molecule has 2 rings (SSSR count). The van der Waals surface area contributed by atoms with Gasteiger partial charge in [0.05, 0.1) is 13.2 Å². The zero-order valence-electron chi connectivity index (χ0n) is 10.7. The van der Waals surface area contributed by atoms with E-state index in [-0.39, 0.29) is 18.9 Å². The van der Waals surface area contributed by atoms with Crippen LogP contribution >= 0.6 is 0 Å². The van der Waals surface area contributed by atoms with Gasteiger partial charge >= 0.3 is 5.97 Å². The summed E-state index contributed by atoms with van der Waals surface area (Å²) in [6, 6.07) is 5.39. The van der Waals surface area contributed by atoms with E-state index in [9.17, 15) is 4.79 Å². The third kappa shape index (κ3) is 2.76. The molecule has 0 saturated heterocycles. The summed E-state index contributed by atoms with van der Waals surface area (Å²) < 4.78 is 11.5. The summed E-state index contributed by atoms with van der Waals surface area (Å²) in [6.45, 7) is 2.20. The maximum Gasteiger partial charge on any atom is 0.360 e. The molecule has 0 N–H and O–H groups in total. The number of carbonyl (C=O) groups is 1. The number of aromatic nitrogens is 4. The molecule has 100 valence electrons. The molecule has 7 nitrogen and oxygen atoms in total. The minimum atomic E-state index is -0.517. The van der Waals surface area contributed by atoms with Crippen LogP contribution in [0, 0.1) is 0 Å². The zero-order chi connectivity index (χ0) is 13.7. The molecule has 0 aliphatic carbocycles. The number of carbonyl (C=O) groups excluding carboxylic acids is 1. The van der Waals surface area contributed by atoms with E-state index in [1.54, 1.807) is 25.3 Å². The lowest BCUT2D eigenvalue weighted by molar-refractivity contribution is 0.0514. The minimum Gasteiger partial charge on any atom is -0.461 e. The van der Waals surface area contributed by atoms with Crippen LogP contribution in [0.4, 0.5) is 0 Å². The SMILES string of the molecule is CCOC(=O)c1nnn(-c2ccccn2)c1COC. The molecule has 0 atom stereocenters. The average molecular weight is 262 g/mol. The van der Waals surface area contributed by atoms with Gasteiger partial charge in [-0.1, -0.05) is 11.3 Å². The van der Waals surface area contributed by atoms with E-state index in [4.69, 9.17) is 9.47 Å². The van der Waals surface area contributed by atoms with Crippen molar-refractivity contribution in [2.45, 2.75) is 13.5 Å². The molecular weight excluding hydrogens is 248 g/mol. The molecule has 2 aromatic heterocycles. The van der Waals surface area contributed by atoms with Crippen LogP contribution in [0.15, 0.2) is 24.4 Å². The molecule has 0 radical (unpaired) electrons. The molecule has 0 fully saturated rings. The lowest BCUT2D eigenvalue weighted by atomic mass is 10.3. The van der Waals surface area contributed by atoms with Crippen LogP contribution < -0.4 is 0 Å². The van der Waals surface area contributed by atoms with E-state index < -0.39 is 5.97 Å². The molecule has 0 saturated carbocycles. The number of pyridine rings is 1. The Morgan fingerprint density at radius 2 is 2.26 bits per heavy atom. The van der Waals surface area contributed by atoms with Gasteiger partial charge in [0.1, 0.15) is 5.69 Å². The van der Waals surface area contributed by atoms with Crippen molar-refractivity contribution >= 4 is 5.97 Å². The molecule has 0 amide bonds. The first kappa shape index (κ1) is 13.2.